The average molecular weight is 467 g/mol. The Morgan fingerprint density at radius 2 is 1.68 bits per heavy atom. The summed E-state index contributed by atoms with van der Waals surface area (Å²) in [6, 6.07) is 15.3. The van der Waals surface area contributed by atoms with Crippen LogP contribution in [0.25, 0.3) is 11.1 Å². The molecule has 1 fully saturated rings. The molecule has 8 nitrogen and oxygen atoms in total. The summed E-state index contributed by atoms with van der Waals surface area (Å²) < 4.78 is 10.8. The number of carboxylic acids is 1. The molecular formula is C26H30N2O6. The summed E-state index contributed by atoms with van der Waals surface area (Å²) >= 11 is 0. The third-order valence-corrected chi connectivity index (χ3v) is 6.72. The molecule has 0 radical (unpaired) electrons. The zero-order valence-corrected chi connectivity index (χ0v) is 19.4. The van der Waals surface area contributed by atoms with Crippen molar-refractivity contribution < 1.29 is 29.0 Å². The van der Waals surface area contributed by atoms with E-state index in [2.05, 4.69) is 17.4 Å². The second-order valence-corrected chi connectivity index (χ2v) is 8.96. The van der Waals surface area contributed by atoms with Crippen LogP contribution in [-0.4, -0.2) is 66.9 Å². The highest BCUT2D eigenvalue weighted by Gasteiger charge is 2.38. The molecule has 8 heteroatoms. The van der Waals surface area contributed by atoms with Gasteiger partial charge in [-0.05, 0) is 41.0 Å². The van der Waals surface area contributed by atoms with Crippen LogP contribution in [0, 0.1) is 5.92 Å². The quantitative estimate of drug-likeness (QED) is 0.649. The summed E-state index contributed by atoms with van der Waals surface area (Å²) in [7, 11) is 1.37. The number of benzene rings is 2. The molecule has 4 rings (SSSR count). The summed E-state index contributed by atoms with van der Waals surface area (Å²) in [6.45, 7) is 2.38. The molecule has 3 unspecified atom stereocenters. The lowest BCUT2D eigenvalue weighted by atomic mass is 9.93. The summed E-state index contributed by atoms with van der Waals surface area (Å²) in [5.41, 5.74) is 4.50. The Bertz CT molecular complexity index is 1030. The van der Waals surface area contributed by atoms with Gasteiger partial charge in [0.15, 0.2) is 6.10 Å². The monoisotopic (exact) mass is 466 g/mol. The van der Waals surface area contributed by atoms with Crippen molar-refractivity contribution in [1.82, 2.24) is 10.2 Å². The maximum Gasteiger partial charge on any atom is 0.407 e. The van der Waals surface area contributed by atoms with Gasteiger partial charge in [0.05, 0.1) is 6.54 Å². The molecule has 2 amide bonds. The van der Waals surface area contributed by atoms with Crippen LogP contribution in [0.1, 0.15) is 36.8 Å². The molecule has 0 bridgehead atoms. The number of nitrogens with one attached hydrogen (secondary N) is 1. The molecule has 3 atom stereocenters. The normalized spacial score (nSPS) is 20.2. The van der Waals surface area contributed by atoms with Crippen molar-refractivity contribution in [3.63, 3.8) is 0 Å². The minimum Gasteiger partial charge on any atom is -0.480 e. The smallest absolute Gasteiger partial charge is 0.407 e. The van der Waals surface area contributed by atoms with Crippen molar-refractivity contribution in [2.75, 3.05) is 26.8 Å². The van der Waals surface area contributed by atoms with Gasteiger partial charge < -0.3 is 24.8 Å². The van der Waals surface area contributed by atoms with Gasteiger partial charge in [0.25, 0.3) is 5.91 Å². The number of fused-ring (bicyclic) bond motifs is 3. The van der Waals surface area contributed by atoms with Crippen LogP contribution in [0.4, 0.5) is 4.79 Å². The van der Waals surface area contributed by atoms with Crippen LogP contribution in [0.5, 0.6) is 0 Å². The highest BCUT2D eigenvalue weighted by Crippen LogP contribution is 2.44. The van der Waals surface area contributed by atoms with E-state index in [1.54, 1.807) is 0 Å². The lowest BCUT2D eigenvalue weighted by Gasteiger charge is -2.37. The van der Waals surface area contributed by atoms with Gasteiger partial charge in [-0.2, -0.15) is 0 Å². The van der Waals surface area contributed by atoms with Crippen LogP contribution in [0.15, 0.2) is 48.5 Å². The molecule has 1 heterocycles. The number of piperidine rings is 1. The Labute approximate surface area is 198 Å². The first-order chi connectivity index (χ1) is 16.4. The van der Waals surface area contributed by atoms with E-state index < -0.39 is 30.1 Å². The standard InChI is InChI=1S/C26H30N2O6/c1-16-11-12-22(25(30)31)28(14-16)24(29)23(33-2)13-27-26(32)34-15-21-19-9-5-3-7-17(19)18-8-4-6-10-20(18)21/h3-10,16,21-23H,11-15H2,1-2H3,(H,27,32)(H,30,31). The number of amides is 2. The first-order valence-electron chi connectivity index (χ1n) is 11.6. The molecule has 2 aromatic rings. The number of methoxy groups -OCH3 is 1. The highest BCUT2D eigenvalue weighted by atomic mass is 16.5. The summed E-state index contributed by atoms with van der Waals surface area (Å²) in [6.07, 6.45) is -0.499. The van der Waals surface area contributed by atoms with Gasteiger partial charge in [-0.25, -0.2) is 9.59 Å². The predicted molar refractivity (Wildman–Crippen MR) is 125 cm³/mol. The van der Waals surface area contributed by atoms with Gasteiger partial charge in [0, 0.05) is 19.6 Å². The molecule has 34 heavy (non-hydrogen) atoms. The predicted octanol–water partition coefficient (Wildman–Crippen LogP) is 3.25. The van der Waals surface area contributed by atoms with E-state index in [4.69, 9.17) is 9.47 Å². The molecule has 2 aromatic carbocycles. The number of aliphatic carboxylic acids is 1. The maximum atomic E-state index is 13.0. The van der Waals surface area contributed by atoms with Crippen LogP contribution >= 0.6 is 0 Å². The van der Waals surface area contributed by atoms with Crippen LogP contribution in [-0.2, 0) is 19.1 Å². The number of carboxylic acid groups (broad SMARTS) is 1. The van der Waals surface area contributed by atoms with Crippen molar-refractivity contribution in [3.05, 3.63) is 59.7 Å². The lowest BCUT2D eigenvalue weighted by molar-refractivity contribution is -0.158. The number of hydrogen-bond acceptors (Lipinski definition) is 5. The van der Waals surface area contributed by atoms with Crippen molar-refractivity contribution >= 4 is 18.0 Å². The van der Waals surface area contributed by atoms with Gasteiger partial charge in [0.1, 0.15) is 12.6 Å². The molecular weight excluding hydrogens is 436 g/mol. The number of carbonyl (C=O) groups excluding carboxylic acids is 2. The minimum atomic E-state index is -1.03. The average Bonchev–Trinajstić information content (AvgIpc) is 3.16. The third-order valence-electron chi connectivity index (χ3n) is 6.72. The van der Waals surface area contributed by atoms with Crippen LogP contribution in [0.2, 0.25) is 0 Å². The number of rotatable bonds is 7. The maximum absolute atomic E-state index is 13.0. The van der Waals surface area contributed by atoms with Crippen molar-refractivity contribution in [2.24, 2.45) is 5.92 Å². The zero-order chi connectivity index (χ0) is 24.2. The van der Waals surface area contributed by atoms with E-state index in [-0.39, 0.29) is 25.0 Å². The zero-order valence-electron chi connectivity index (χ0n) is 19.4. The molecule has 0 aromatic heterocycles. The Kier molecular flexibility index (Phi) is 7.17. The van der Waals surface area contributed by atoms with Gasteiger partial charge in [0.2, 0.25) is 0 Å². The number of nitrogens with zero attached hydrogens (tertiary/aromatic N) is 1. The van der Waals surface area contributed by atoms with Gasteiger partial charge in [-0.1, -0.05) is 55.5 Å². The fraction of sp³-hybridized carbons (Fsp3) is 0.423. The molecule has 1 aliphatic heterocycles. The number of alkyl carbamates (subject to hydrolysis) is 1. The number of hydrogen-bond donors (Lipinski definition) is 2. The van der Waals surface area contributed by atoms with E-state index in [0.717, 1.165) is 28.7 Å². The largest absolute Gasteiger partial charge is 0.480 e. The van der Waals surface area contributed by atoms with Crippen LogP contribution < -0.4 is 5.32 Å². The molecule has 2 aliphatic rings. The lowest BCUT2D eigenvalue weighted by Crippen LogP contribution is -2.55. The third kappa shape index (κ3) is 4.77. The second-order valence-electron chi connectivity index (χ2n) is 8.96. The Balaban J connectivity index is 1.35. The minimum absolute atomic E-state index is 0.0656. The summed E-state index contributed by atoms with van der Waals surface area (Å²) in [5, 5.41) is 12.1. The first-order valence-corrected chi connectivity index (χ1v) is 11.6. The van der Waals surface area contributed by atoms with Gasteiger partial charge >= 0.3 is 12.1 Å². The Hall–Kier alpha value is -3.39. The molecule has 180 valence electrons. The Morgan fingerprint density at radius 3 is 2.26 bits per heavy atom. The SMILES string of the molecule is COC(CNC(=O)OCC1c2ccccc2-c2ccccc21)C(=O)N1CC(C)CCC1C(=O)O. The van der Waals surface area contributed by atoms with E-state index in [0.29, 0.717) is 13.0 Å². The first kappa shape index (κ1) is 23.8. The molecule has 1 aliphatic carbocycles. The van der Waals surface area contributed by atoms with E-state index in [9.17, 15) is 19.5 Å². The van der Waals surface area contributed by atoms with Crippen molar-refractivity contribution in [1.29, 1.82) is 0 Å². The molecule has 0 spiro atoms. The molecule has 1 saturated heterocycles. The summed E-state index contributed by atoms with van der Waals surface area (Å²) in [5.74, 6) is -1.34. The van der Waals surface area contributed by atoms with E-state index in [1.807, 2.05) is 43.3 Å². The molecule has 2 N–H and O–H groups in total. The number of likely N-dealkylation sites (tertiary alicyclic amines) is 1. The van der Waals surface area contributed by atoms with Crippen LogP contribution in [0.3, 0.4) is 0 Å². The van der Waals surface area contributed by atoms with Gasteiger partial charge in [-0.15, -0.1) is 0 Å². The van der Waals surface area contributed by atoms with E-state index in [1.165, 1.54) is 12.0 Å². The highest BCUT2D eigenvalue weighted by molar-refractivity contribution is 5.87. The van der Waals surface area contributed by atoms with Gasteiger partial charge in [-0.3, -0.25) is 4.79 Å². The summed E-state index contributed by atoms with van der Waals surface area (Å²) in [4.78, 5) is 38.4. The topological polar surface area (TPSA) is 105 Å². The Morgan fingerprint density at radius 1 is 1.06 bits per heavy atom. The van der Waals surface area contributed by atoms with E-state index >= 15 is 0 Å². The second kappa shape index (κ2) is 10.3. The fourth-order valence-electron chi connectivity index (χ4n) is 4.93. The number of carbonyl (C=O) groups is 3. The number of ether oxygens (including phenoxy) is 2. The molecule has 0 saturated carbocycles. The van der Waals surface area contributed by atoms with Crippen molar-refractivity contribution in [2.45, 2.75) is 37.8 Å². The van der Waals surface area contributed by atoms with Crippen molar-refractivity contribution in [3.8, 4) is 11.1 Å². The fourth-order valence-corrected chi connectivity index (χ4v) is 4.93.